The summed E-state index contributed by atoms with van der Waals surface area (Å²) in [6, 6.07) is 11.8. The average molecular weight is 417 g/mol. The number of halogens is 3. The molecule has 0 amide bonds. The van der Waals surface area contributed by atoms with Gasteiger partial charge in [0.1, 0.15) is 17.7 Å². The normalized spacial score (nSPS) is 13.8. The molecule has 0 saturated carbocycles. The van der Waals surface area contributed by atoms with Crippen LogP contribution in [0.1, 0.15) is 25.0 Å². The Bertz CT molecular complexity index is 621. The lowest BCUT2D eigenvalue weighted by Gasteiger charge is -2.25. The summed E-state index contributed by atoms with van der Waals surface area (Å²) in [5.74, 6) is 0.385. The fraction of sp³-hybridized carbons (Fsp3) is 0.250. The Morgan fingerprint density at radius 1 is 1.19 bits per heavy atom. The Balaban J connectivity index is 2.33. The number of benzene rings is 2. The van der Waals surface area contributed by atoms with Gasteiger partial charge in [-0.05, 0) is 58.2 Å². The van der Waals surface area contributed by atoms with Crippen molar-refractivity contribution in [1.82, 2.24) is 0 Å². The summed E-state index contributed by atoms with van der Waals surface area (Å²) in [5.41, 5.74) is 6.89. The van der Waals surface area contributed by atoms with E-state index in [0.29, 0.717) is 5.75 Å². The number of hydrogen-bond acceptors (Lipinski definition) is 2. The number of nitrogens with two attached hydrogens (primary N) is 1. The van der Waals surface area contributed by atoms with Crippen LogP contribution in [-0.4, -0.2) is 6.04 Å². The molecule has 0 bridgehead atoms. The van der Waals surface area contributed by atoms with E-state index in [9.17, 15) is 4.39 Å². The molecule has 0 saturated heterocycles. The van der Waals surface area contributed by atoms with Crippen LogP contribution in [0, 0.1) is 5.82 Å². The summed E-state index contributed by atoms with van der Waals surface area (Å²) in [6.07, 6.45) is 0.332. The van der Waals surface area contributed by atoms with E-state index < -0.39 is 6.10 Å². The Labute approximate surface area is 140 Å². The Hall–Kier alpha value is -0.910. The van der Waals surface area contributed by atoms with Crippen LogP contribution >= 0.6 is 31.9 Å². The van der Waals surface area contributed by atoms with Gasteiger partial charge in [-0.1, -0.05) is 35.0 Å². The standard InChI is InChI=1S/C16H16Br2FNO/c1-2-14(20)16(10-4-3-5-12(19)8-10)21-15-7-6-11(17)9-13(15)18/h3-9,14,16H,2,20H2,1H3. The van der Waals surface area contributed by atoms with Crippen molar-refractivity contribution in [2.75, 3.05) is 0 Å². The third-order valence-electron chi connectivity index (χ3n) is 3.19. The van der Waals surface area contributed by atoms with Crippen molar-refractivity contribution in [2.45, 2.75) is 25.5 Å². The van der Waals surface area contributed by atoms with Gasteiger partial charge in [-0.2, -0.15) is 0 Å². The largest absolute Gasteiger partial charge is 0.483 e. The van der Waals surface area contributed by atoms with E-state index in [2.05, 4.69) is 31.9 Å². The molecule has 0 aliphatic rings. The third-order valence-corrected chi connectivity index (χ3v) is 4.30. The summed E-state index contributed by atoms with van der Waals surface area (Å²) in [5, 5.41) is 0. The predicted molar refractivity (Wildman–Crippen MR) is 89.9 cm³/mol. The number of hydrogen-bond donors (Lipinski definition) is 1. The van der Waals surface area contributed by atoms with Crippen molar-refractivity contribution >= 4 is 31.9 Å². The fourth-order valence-electron chi connectivity index (χ4n) is 2.01. The summed E-state index contributed by atoms with van der Waals surface area (Å²) in [4.78, 5) is 0. The molecule has 0 radical (unpaired) electrons. The van der Waals surface area contributed by atoms with Gasteiger partial charge in [0.2, 0.25) is 0 Å². The van der Waals surface area contributed by atoms with E-state index in [4.69, 9.17) is 10.5 Å². The lowest BCUT2D eigenvalue weighted by atomic mass is 10.0. The quantitative estimate of drug-likeness (QED) is 0.726. The second kappa shape index (κ2) is 7.38. The molecular weight excluding hydrogens is 401 g/mol. The highest BCUT2D eigenvalue weighted by atomic mass is 79.9. The van der Waals surface area contributed by atoms with E-state index in [1.165, 1.54) is 12.1 Å². The first kappa shape index (κ1) is 16.5. The molecule has 112 valence electrons. The molecule has 5 heteroatoms. The third kappa shape index (κ3) is 4.28. The van der Waals surface area contributed by atoms with Crippen molar-refractivity contribution in [3.63, 3.8) is 0 Å². The van der Waals surface area contributed by atoms with Gasteiger partial charge < -0.3 is 10.5 Å². The Kier molecular flexibility index (Phi) is 5.79. The molecule has 0 spiro atoms. The van der Waals surface area contributed by atoms with Crippen LogP contribution in [-0.2, 0) is 0 Å². The van der Waals surface area contributed by atoms with Crippen molar-refractivity contribution in [2.24, 2.45) is 5.73 Å². The van der Waals surface area contributed by atoms with E-state index in [0.717, 1.165) is 20.9 Å². The zero-order valence-electron chi connectivity index (χ0n) is 11.5. The van der Waals surface area contributed by atoms with Gasteiger partial charge in [0, 0.05) is 10.5 Å². The first-order chi connectivity index (χ1) is 10.0. The highest BCUT2D eigenvalue weighted by molar-refractivity contribution is 9.11. The van der Waals surface area contributed by atoms with Crippen LogP contribution < -0.4 is 10.5 Å². The minimum absolute atomic E-state index is 0.220. The summed E-state index contributed by atoms with van der Waals surface area (Å²) < 4.78 is 21.3. The van der Waals surface area contributed by atoms with E-state index in [1.807, 2.05) is 31.2 Å². The van der Waals surface area contributed by atoms with Gasteiger partial charge in [-0.15, -0.1) is 0 Å². The zero-order chi connectivity index (χ0) is 15.4. The molecule has 2 nitrogen and oxygen atoms in total. The van der Waals surface area contributed by atoms with E-state index in [1.54, 1.807) is 6.07 Å². The lowest BCUT2D eigenvalue weighted by molar-refractivity contribution is 0.169. The van der Waals surface area contributed by atoms with Gasteiger partial charge in [0.15, 0.2) is 0 Å². The molecule has 2 atom stereocenters. The summed E-state index contributed by atoms with van der Waals surface area (Å²) in [6.45, 7) is 1.98. The van der Waals surface area contributed by atoms with Gasteiger partial charge in [-0.3, -0.25) is 0 Å². The lowest BCUT2D eigenvalue weighted by Crippen LogP contribution is -2.31. The highest BCUT2D eigenvalue weighted by Crippen LogP contribution is 2.33. The van der Waals surface area contributed by atoms with Crippen LogP contribution in [0.5, 0.6) is 5.75 Å². The second-order valence-electron chi connectivity index (χ2n) is 4.74. The SMILES string of the molecule is CCC(N)C(Oc1ccc(Br)cc1Br)c1cccc(F)c1. The molecule has 0 fully saturated rings. The van der Waals surface area contributed by atoms with Crippen LogP contribution in [0.4, 0.5) is 4.39 Å². The van der Waals surface area contributed by atoms with Crippen molar-refractivity contribution < 1.29 is 9.13 Å². The summed E-state index contributed by atoms with van der Waals surface area (Å²) >= 11 is 6.86. The topological polar surface area (TPSA) is 35.2 Å². The number of ether oxygens (including phenoxy) is 1. The van der Waals surface area contributed by atoms with Crippen LogP contribution in [0.15, 0.2) is 51.4 Å². The maximum absolute atomic E-state index is 13.5. The average Bonchev–Trinajstić information content (AvgIpc) is 2.45. The van der Waals surface area contributed by atoms with Gasteiger partial charge in [0.25, 0.3) is 0 Å². The predicted octanol–water partition coefficient (Wildman–Crippen LogP) is 5.21. The van der Waals surface area contributed by atoms with Gasteiger partial charge >= 0.3 is 0 Å². The first-order valence-electron chi connectivity index (χ1n) is 6.64. The molecule has 0 aliphatic heterocycles. The van der Waals surface area contributed by atoms with Crippen LogP contribution in [0.3, 0.4) is 0 Å². The van der Waals surface area contributed by atoms with E-state index >= 15 is 0 Å². The minimum Gasteiger partial charge on any atom is -0.483 e. The molecular formula is C16H16Br2FNO. The van der Waals surface area contributed by atoms with Crippen molar-refractivity contribution in [1.29, 1.82) is 0 Å². The fourth-order valence-corrected chi connectivity index (χ4v) is 3.15. The summed E-state index contributed by atoms with van der Waals surface area (Å²) in [7, 11) is 0. The van der Waals surface area contributed by atoms with Gasteiger partial charge in [-0.25, -0.2) is 4.39 Å². The second-order valence-corrected chi connectivity index (χ2v) is 6.51. The molecule has 2 aromatic carbocycles. The Morgan fingerprint density at radius 3 is 2.57 bits per heavy atom. The van der Waals surface area contributed by atoms with Crippen molar-refractivity contribution in [3.8, 4) is 5.75 Å². The van der Waals surface area contributed by atoms with Crippen molar-refractivity contribution in [3.05, 3.63) is 62.8 Å². The Morgan fingerprint density at radius 2 is 1.95 bits per heavy atom. The molecule has 21 heavy (non-hydrogen) atoms. The number of rotatable bonds is 5. The van der Waals surface area contributed by atoms with Gasteiger partial charge in [0.05, 0.1) is 4.47 Å². The molecule has 0 heterocycles. The van der Waals surface area contributed by atoms with Crippen LogP contribution in [0.25, 0.3) is 0 Å². The monoisotopic (exact) mass is 415 g/mol. The maximum atomic E-state index is 13.5. The minimum atomic E-state index is -0.400. The van der Waals surface area contributed by atoms with E-state index in [-0.39, 0.29) is 11.9 Å². The highest BCUT2D eigenvalue weighted by Gasteiger charge is 2.22. The maximum Gasteiger partial charge on any atom is 0.139 e. The smallest absolute Gasteiger partial charge is 0.139 e. The first-order valence-corrected chi connectivity index (χ1v) is 8.22. The molecule has 2 aromatic rings. The molecule has 2 unspecified atom stereocenters. The molecule has 2 N–H and O–H groups in total. The molecule has 0 aromatic heterocycles. The van der Waals surface area contributed by atoms with Crippen LogP contribution in [0.2, 0.25) is 0 Å². The molecule has 0 aliphatic carbocycles. The zero-order valence-corrected chi connectivity index (χ0v) is 14.7. The molecule has 2 rings (SSSR count).